The Morgan fingerprint density at radius 3 is 2.54 bits per heavy atom. The molecule has 0 bridgehead atoms. The fourth-order valence-electron chi connectivity index (χ4n) is 1.78. The molecule has 1 atom stereocenters. The molecular formula is C16H14FNO6. The first-order chi connectivity index (χ1) is 11.4. The number of hydrogen-bond acceptors (Lipinski definition) is 6. The van der Waals surface area contributed by atoms with Crippen LogP contribution in [0.25, 0.3) is 11.3 Å². The highest BCUT2D eigenvalue weighted by atomic mass is 19.1. The number of carbonyl (C=O) groups is 3. The Kier molecular flexibility index (Phi) is 5.31. The van der Waals surface area contributed by atoms with Crippen molar-refractivity contribution in [2.75, 3.05) is 7.11 Å². The first kappa shape index (κ1) is 17.2. The summed E-state index contributed by atoms with van der Waals surface area (Å²) in [6.45, 7) is 1.27. The lowest BCUT2D eigenvalue weighted by atomic mass is 10.1. The highest BCUT2D eigenvalue weighted by Gasteiger charge is 2.23. The summed E-state index contributed by atoms with van der Waals surface area (Å²) in [7, 11) is 1.09. The third-order valence-corrected chi connectivity index (χ3v) is 3.01. The minimum absolute atomic E-state index is 0.145. The first-order valence-corrected chi connectivity index (χ1v) is 6.87. The summed E-state index contributed by atoms with van der Waals surface area (Å²) in [5.74, 6) is -2.34. The van der Waals surface area contributed by atoms with Gasteiger partial charge >= 0.3 is 12.1 Å². The molecule has 0 unspecified atom stereocenters. The second-order valence-electron chi connectivity index (χ2n) is 4.67. The standard InChI is InChI=1S/C16H14FNO6/c1-9(14(19)18-16(21)22-2)23-15(20)13-8-7-12(24-13)10-5-3-4-6-11(10)17/h3-9H,1-2H3,(H,18,19,21)/t9-/m0/s1. The summed E-state index contributed by atoms with van der Waals surface area (Å²) in [5, 5.41) is 1.87. The molecule has 1 N–H and O–H groups in total. The second kappa shape index (κ2) is 7.40. The van der Waals surface area contributed by atoms with Crippen molar-refractivity contribution in [3.05, 3.63) is 48.0 Å². The minimum atomic E-state index is -1.25. The van der Waals surface area contributed by atoms with E-state index in [1.54, 1.807) is 6.07 Å². The van der Waals surface area contributed by atoms with Crippen molar-refractivity contribution in [1.82, 2.24) is 5.32 Å². The molecule has 0 radical (unpaired) electrons. The van der Waals surface area contributed by atoms with E-state index in [9.17, 15) is 18.8 Å². The van der Waals surface area contributed by atoms with E-state index in [0.717, 1.165) is 7.11 Å². The van der Waals surface area contributed by atoms with Crippen molar-refractivity contribution >= 4 is 18.0 Å². The Balaban J connectivity index is 2.05. The van der Waals surface area contributed by atoms with Crippen LogP contribution in [0.2, 0.25) is 0 Å². The molecular weight excluding hydrogens is 321 g/mol. The van der Waals surface area contributed by atoms with Crippen molar-refractivity contribution in [3.63, 3.8) is 0 Å². The van der Waals surface area contributed by atoms with Crippen LogP contribution in [-0.4, -0.2) is 31.2 Å². The van der Waals surface area contributed by atoms with Gasteiger partial charge in [0, 0.05) is 0 Å². The number of amides is 2. The monoisotopic (exact) mass is 335 g/mol. The minimum Gasteiger partial charge on any atom is -0.453 e. The molecule has 1 aromatic carbocycles. The Labute approximate surface area is 136 Å². The molecule has 0 saturated heterocycles. The zero-order valence-corrected chi connectivity index (χ0v) is 12.9. The van der Waals surface area contributed by atoms with E-state index < -0.39 is 29.9 Å². The van der Waals surface area contributed by atoms with Gasteiger partial charge in [0.05, 0.1) is 12.7 Å². The molecule has 0 aliphatic heterocycles. The molecule has 0 aliphatic carbocycles. The summed E-state index contributed by atoms with van der Waals surface area (Å²) in [6, 6.07) is 8.62. The highest BCUT2D eigenvalue weighted by molar-refractivity contribution is 5.96. The average Bonchev–Trinajstić information content (AvgIpc) is 3.04. The van der Waals surface area contributed by atoms with E-state index in [2.05, 4.69) is 4.74 Å². The predicted molar refractivity (Wildman–Crippen MR) is 79.5 cm³/mol. The third kappa shape index (κ3) is 3.97. The molecule has 8 heteroatoms. The van der Waals surface area contributed by atoms with E-state index in [1.165, 1.54) is 37.3 Å². The quantitative estimate of drug-likeness (QED) is 0.863. The summed E-state index contributed by atoms with van der Waals surface area (Å²) >= 11 is 0. The predicted octanol–water partition coefficient (Wildman–Crippen LogP) is 2.51. The van der Waals surface area contributed by atoms with Gasteiger partial charge in [-0.2, -0.15) is 0 Å². The summed E-state index contributed by atoms with van der Waals surface area (Å²) in [6.07, 6.45) is -2.22. The summed E-state index contributed by atoms with van der Waals surface area (Å²) in [5.41, 5.74) is 0.188. The van der Waals surface area contributed by atoms with Gasteiger partial charge in [-0.05, 0) is 31.2 Å². The lowest BCUT2D eigenvalue weighted by Crippen LogP contribution is -2.39. The molecule has 24 heavy (non-hydrogen) atoms. The number of furan rings is 1. The second-order valence-corrected chi connectivity index (χ2v) is 4.67. The molecule has 0 aliphatic rings. The van der Waals surface area contributed by atoms with E-state index in [1.807, 2.05) is 5.32 Å². The van der Waals surface area contributed by atoms with E-state index in [-0.39, 0.29) is 17.1 Å². The maximum Gasteiger partial charge on any atom is 0.413 e. The van der Waals surface area contributed by atoms with Gasteiger partial charge in [0.2, 0.25) is 5.76 Å². The van der Waals surface area contributed by atoms with Gasteiger partial charge < -0.3 is 13.9 Å². The topological polar surface area (TPSA) is 94.8 Å². The number of esters is 1. The Bertz CT molecular complexity index is 769. The number of nitrogens with one attached hydrogen (secondary N) is 1. The molecule has 2 aromatic rings. The van der Waals surface area contributed by atoms with Crippen molar-refractivity contribution in [1.29, 1.82) is 0 Å². The van der Waals surface area contributed by atoms with Crippen LogP contribution in [0.4, 0.5) is 9.18 Å². The number of imide groups is 1. The molecule has 1 aromatic heterocycles. The SMILES string of the molecule is COC(=O)NC(=O)[C@H](C)OC(=O)c1ccc(-c2ccccc2F)o1. The van der Waals surface area contributed by atoms with E-state index >= 15 is 0 Å². The fraction of sp³-hybridized carbons (Fsp3) is 0.188. The first-order valence-electron chi connectivity index (χ1n) is 6.87. The van der Waals surface area contributed by atoms with Crippen molar-refractivity contribution in [3.8, 4) is 11.3 Å². The van der Waals surface area contributed by atoms with Gasteiger partial charge in [0.25, 0.3) is 5.91 Å². The molecule has 2 amide bonds. The van der Waals surface area contributed by atoms with Crippen molar-refractivity contribution in [2.24, 2.45) is 0 Å². The molecule has 0 fully saturated rings. The third-order valence-electron chi connectivity index (χ3n) is 3.01. The van der Waals surface area contributed by atoms with E-state index in [4.69, 9.17) is 9.15 Å². The molecule has 126 valence electrons. The lowest BCUT2D eigenvalue weighted by molar-refractivity contribution is -0.128. The van der Waals surface area contributed by atoms with Gasteiger partial charge in [-0.1, -0.05) is 12.1 Å². The zero-order valence-electron chi connectivity index (χ0n) is 12.9. The molecule has 0 saturated carbocycles. The normalized spacial score (nSPS) is 11.5. The Hall–Kier alpha value is -3.16. The highest BCUT2D eigenvalue weighted by Crippen LogP contribution is 2.25. The van der Waals surface area contributed by atoms with Gasteiger partial charge in [-0.15, -0.1) is 0 Å². The average molecular weight is 335 g/mol. The Morgan fingerprint density at radius 1 is 1.17 bits per heavy atom. The van der Waals surface area contributed by atoms with Crippen LogP contribution >= 0.6 is 0 Å². The summed E-state index contributed by atoms with van der Waals surface area (Å²) in [4.78, 5) is 34.4. The van der Waals surface area contributed by atoms with Crippen LogP contribution in [0, 0.1) is 5.82 Å². The van der Waals surface area contributed by atoms with Gasteiger partial charge in [-0.3, -0.25) is 10.1 Å². The number of ether oxygens (including phenoxy) is 2. The maximum absolute atomic E-state index is 13.7. The zero-order chi connectivity index (χ0) is 17.7. The van der Waals surface area contributed by atoms with Crippen LogP contribution < -0.4 is 5.32 Å². The number of hydrogen-bond donors (Lipinski definition) is 1. The van der Waals surface area contributed by atoms with Crippen molar-refractivity contribution < 1.29 is 32.7 Å². The fourth-order valence-corrected chi connectivity index (χ4v) is 1.78. The van der Waals surface area contributed by atoms with Crippen LogP contribution in [-0.2, 0) is 14.3 Å². The molecule has 0 spiro atoms. The van der Waals surface area contributed by atoms with Crippen LogP contribution in [0.15, 0.2) is 40.8 Å². The van der Waals surface area contributed by atoms with Gasteiger partial charge in [0.1, 0.15) is 11.6 Å². The smallest absolute Gasteiger partial charge is 0.413 e. The number of halogens is 1. The number of benzene rings is 1. The van der Waals surface area contributed by atoms with Gasteiger partial charge in [-0.25, -0.2) is 14.0 Å². The number of methoxy groups -OCH3 is 1. The molecule has 1 heterocycles. The molecule has 7 nitrogen and oxygen atoms in total. The van der Waals surface area contributed by atoms with Crippen molar-refractivity contribution in [2.45, 2.75) is 13.0 Å². The van der Waals surface area contributed by atoms with Crippen LogP contribution in [0.5, 0.6) is 0 Å². The number of carbonyl (C=O) groups excluding carboxylic acids is 3. The number of alkyl carbamates (subject to hydrolysis) is 1. The Morgan fingerprint density at radius 2 is 1.88 bits per heavy atom. The largest absolute Gasteiger partial charge is 0.453 e. The number of rotatable bonds is 4. The summed E-state index contributed by atoms with van der Waals surface area (Å²) < 4.78 is 28.1. The maximum atomic E-state index is 13.7. The van der Waals surface area contributed by atoms with Crippen LogP contribution in [0.1, 0.15) is 17.5 Å². The molecule has 2 rings (SSSR count). The van der Waals surface area contributed by atoms with Gasteiger partial charge in [0.15, 0.2) is 6.10 Å². The van der Waals surface area contributed by atoms with E-state index in [0.29, 0.717) is 0 Å². The van der Waals surface area contributed by atoms with Crippen LogP contribution in [0.3, 0.4) is 0 Å². The lowest BCUT2D eigenvalue weighted by Gasteiger charge is -2.11.